The van der Waals surface area contributed by atoms with E-state index in [1.54, 1.807) is 0 Å². The van der Waals surface area contributed by atoms with Crippen LogP contribution in [0.2, 0.25) is 0 Å². The van der Waals surface area contributed by atoms with Gasteiger partial charge in [-0.1, -0.05) is 13.8 Å². The SMILES string of the molecule is CC(C)C(C)(CN)NC(=O)c1ccc(S(=O)(=O)Nc2ccc(F)cc2)cc1. The second kappa shape index (κ2) is 8.06. The lowest BCUT2D eigenvalue weighted by atomic mass is 9.88. The lowest BCUT2D eigenvalue weighted by Crippen LogP contribution is -2.55. The molecule has 27 heavy (non-hydrogen) atoms. The van der Waals surface area contributed by atoms with Crippen LogP contribution >= 0.6 is 0 Å². The highest BCUT2D eigenvalue weighted by Crippen LogP contribution is 2.19. The monoisotopic (exact) mass is 393 g/mol. The number of amides is 1. The van der Waals surface area contributed by atoms with Crippen LogP contribution < -0.4 is 15.8 Å². The van der Waals surface area contributed by atoms with Gasteiger partial charge in [-0.25, -0.2) is 12.8 Å². The predicted octanol–water partition coefficient (Wildman–Crippen LogP) is 2.73. The van der Waals surface area contributed by atoms with E-state index in [1.807, 2.05) is 20.8 Å². The average molecular weight is 393 g/mol. The minimum atomic E-state index is -3.85. The third-order valence-electron chi connectivity index (χ3n) is 4.62. The number of halogens is 1. The molecule has 1 amide bonds. The van der Waals surface area contributed by atoms with Crippen molar-refractivity contribution in [1.82, 2.24) is 5.32 Å². The third kappa shape index (κ3) is 5.05. The van der Waals surface area contributed by atoms with E-state index in [1.165, 1.54) is 36.4 Å². The quantitative estimate of drug-likeness (QED) is 0.673. The minimum Gasteiger partial charge on any atom is -0.345 e. The molecule has 1 atom stereocenters. The van der Waals surface area contributed by atoms with Crippen LogP contribution in [0.1, 0.15) is 31.1 Å². The highest BCUT2D eigenvalue weighted by atomic mass is 32.2. The second-order valence-corrected chi connectivity index (χ2v) is 8.55. The molecule has 0 radical (unpaired) electrons. The van der Waals surface area contributed by atoms with E-state index < -0.39 is 21.4 Å². The Morgan fingerprint density at radius 3 is 2.15 bits per heavy atom. The summed E-state index contributed by atoms with van der Waals surface area (Å²) in [6.45, 7) is 6.07. The molecule has 0 heterocycles. The first kappa shape index (κ1) is 20.9. The maximum absolute atomic E-state index is 12.9. The molecule has 0 saturated heterocycles. The number of carbonyl (C=O) groups excluding carboxylic acids is 1. The molecule has 146 valence electrons. The molecule has 0 aliphatic rings. The smallest absolute Gasteiger partial charge is 0.261 e. The summed E-state index contributed by atoms with van der Waals surface area (Å²) in [6.07, 6.45) is 0. The molecular weight excluding hydrogens is 369 g/mol. The summed E-state index contributed by atoms with van der Waals surface area (Å²) in [5.41, 5.74) is 5.78. The highest BCUT2D eigenvalue weighted by Gasteiger charge is 2.29. The Labute approximate surface area is 159 Å². The van der Waals surface area contributed by atoms with Gasteiger partial charge in [0.05, 0.1) is 10.4 Å². The van der Waals surface area contributed by atoms with E-state index in [4.69, 9.17) is 5.73 Å². The average Bonchev–Trinajstić information content (AvgIpc) is 2.63. The summed E-state index contributed by atoms with van der Waals surface area (Å²) < 4.78 is 40.1. The summed E-state index contributed by atoms with van der Waals surface area (Å²) in [5, 5.41) is 2.90. The van der Waals surface area contributed by atoms with E-state index in [0.29, 0.717) is 5.56 Å². The number of hydrogen-bond acceptors (Lipinski definition) is 4. The first-order valence-electron chi connectivity index (χ1n) is 8.48. The van der Waals surface area contributed by atoms with Gasteiger partial charge in [-0.3, -0.25) is 9.52 Å². The summed E-state index contributed by atoms with van der Waals surface area (Å²) in [6, 6.07) is 10.5. The van der Waals surface area contributed by atoms with E-state index in [-0.39, 0.29) is 29.0 Å². The molecule has 1 unspecified atom stereocenters. The fourth-order valence-electron chi connectivity index (χ4n) is 2.28. The van der Waals surface area contributed by atoms with Crippen molar-refractivity contribution in [3.63, 3.8) is 0 Å². The number of rotatable bonds is 7. The van der Waals surface area contributed by atoms with Gasteiger partial charge < -0.3 is 11.1 Å². The number of hydrogen-bond donors (Lipinski definition) is 3. The largest absolute Gasteiger partial charge is 0.345 e. The van der Waals surface area contributed by atoms with E-state index in [2.05, 4.69) is 10.0 Å². The summed E-state index contributed by atoms with van der Waals surface area (Å²) in [5.74, 6) is -0.655. The number of anilines is 1. The number of benzene rings is 2. The van der Waals surface area contributed by atoms with Gasteiger partial charge in [0, 0.05) is 17.8 Å². The maximum atomic E-state index is 12.9. The van der Waals surface area contributed by atoms with Crippen LogP contribution in [-0.4, -0.2) is 26.4 Å². The molecule has 2 aromatic carbocycles. The molecular formula is C19H24FN3O3S. The first-order valence-corrected chi connectivity index (χ1v) is 9.97. The van der Waals surface area contributed by atoms with Crippen LogP contribution in [-0.2, 0) is 10.0 Å². The Kier molecular flexibility index (Phi) is 6.22. The van der Waals surface area contributed by atoms with Crippen molar-refractivity contribution in [2.75, 3.05) is 11.3 Å². The van der Waals surface area contributed by atoms with E-state index >= 15 is 0 Å². The van der Waals surface area contributed by atoms with Gasteiger partial charge in [-0.2, -0.15) is 0 Å². The molecule has 2 aromatic rings. The van der Waals surface area contributed by atoms with Crippen molar-refractivity contribution in [2.24, 2.45) is 11.7 Å². The number of nitrogens with two attached hydrogens (primary N) is 1. The van der Waals surface area contributed by atoms with Crippen LogP contribution in [0.3, 0.4) is 0 Å². The van der Waals surface area contributed by atoms with Gasteiger partial charge in [0.1, 0.15) is 5.82 Å². The zero-order valence-electron chi connectivity index (χ0n) is 15.5. The maximum Gasteiger partial charge on any atom is 0.261 e. The molecule has 8 heteroatoms. The number of carbonyl (C=O) groups is 1. The Morgan fingerprint density at radius 1 is 1.11 bits per heavy atom. The van der Waals surface area contributed by atoms with E-state index in [0.717, 1.165) is 12.1 Å². The molecule has 2 rings (SSSR count). The highest BCUT2D eigenvalue weighted by molar-refractivity contribution is 7.92. The van der Waals surface area contributed by atoms with Crippen LogP contribution in [0.5, 0.6) is 0 Å². The van der Waals surface area contributed by atoms with E-state index in [9.17, 15) is 17.6 Å². The minimum absolute atomic E-state index is 0.00572. The van der Waals surface area contributed by atoms with Crippen molar-refractivity contribution < 1.29 is 17.6 Å². The van der Waals surface area contributed by atoms with Gasteiger partial charge in [-0.15, -0.1) is 0 Å². The summed E-state index contributed by atoms with van der Waals surface area (Å²) in [7, 11) is -3.85. The van der Waals surface area contributed by atoms with Crippen molar-refractivity contribution in [2.45, 2.75) is 31.2 Å². The van der Waals surface area contributed by atoms with Gasteiger partial charge >= 0.3 is 0 Å². The fraction of sp³-hybridized carbons (Fsp3) is 0.316. The molecule has 0 bridgehead atoms. The Morgan fingerprint density at radius 2 is 1.67 bits per heavy atom. The van der Waals surface area contributed by atoms with Crippen LogP contribution in [0.4, 0.5) is 10.1 Å². The Hall–Kier alpha value is -2.45. The van der Waals surface area contributed by atoms with Gasteiger partial charge in [0.15, 0.2) is 0 Å². The number of sulfonamides is 1. The normalized spacial score (nSPS) is 13.9. The van der Waals surface area contributed by atoms with Crippen molar-refractivity contribution in [3.05, 3.63) is 59.9 Å². The standard InChI is InChI=1S/C19H24FN3O3S/c1-13(2)19(3,12-21)22-18(24)14-4-10-17(11-5-14)27(25,26)23-16-8-6-15(20)7-9-16/h4-11,13,23H,12,21H2,1-3H3,(H,22,24). The van der Waals surface area contributed by atoms with Gasteiger partial charge in [-0.05, 0) is 61.4 Å². The van der Waals surface area contributed by atoms with Crippen LogP contribution in [0.25, 0.3) is 0 Å². The predicted molar refractivity (Wildman–Crippen MR) is 103 cm³/mol. The van der Waals surface area contributed by atoms with Gasteiger partial charge in [0.2, 0.25) is 0 Å². The van der Waals surface area contributed by atoms with Crippen molar-refractivity contribution in [1.29, 1.82) is 0 Å². The molecule has 0 aliphatic carbocycles. The topological polar surface area (TPSA) is 101 Å². The van der Waals surface area contributed by atoms with Crippen LogP contribution in [0.15, 0.2) is 53.4 Å². The molecule has 0 fully saturated rings. The summed E-state index contributed by atoms with van der Waals surface area (Å²) >= 11 is 0. The molecule has 0 spiro atoms. The summed E-state index contributed by atoms with van der Waals surface area (Å²) in [4.78, 5) is 12.4. The lowest BCUT2D eigenvalue weighted by Gasteiger charge is -2.33. The lowest BCUT2D eigenvalue weighted by molar-refractivity contribution is 0.0883. The molecule has 0 saturated carbocycles. The zero-order valence-corrected chi connectivity index (χ0v) is 16.3. The first-order chi connectivity index (χ1) is 12.6. The molecule has 0 aliphatic heterocycles. The second-order valence-electron chi connectivity index (χ2n) is 6.87. The van der Waals surface area contributed by atoms with Gasteiger partial charge in [0.25, 0.3) is 15.9 Å². The van der Waals surface area contributed by atoms with Crippen molar-refractivity contribution >= 4 is 21.6 Å². The number of nitrogens with one attached hydrogen (secondary N) is 2. The van der Waals surface area contributed by atoms with Crippen molar-refractivity contribution in [3.8, 4) is 0 Å². The fourth-order valence-corrected chi connectivity index (χ4v) is 3.34. The molecule has 4 N–H and O–H groups in total. The Bertz CT molecular complexity index is 897. The Balaban J connectivity index is 2.16. The van der Waals surface area contributed by atoms with Crippen LogP contribution in [0, 0.1) is 11.7 Å². The third-order valence-corrected chi connectivity index (χ3v) is 6.02. The molecule has 6 nitrogen and oxygen atoms in total. The zero-order chi connectivity index (χ0) is 20.2. The molecule has 0 aromatic heterocycles.